The SMILES string of the molecule is Cc1cnc(NC(=O)C(C)NC(=O)c2cccs2)s1. The quantitative estimate of drug-likeness (QED) is 0.909. The number of hydrogen-bond donors (Lipinski definition) is 2. The van der Waals surface area contributed by atoms with Gasteiger partial charge in [-0.3, -0.25) is 9.59 Å². The number of hydrogen-bond acceptors (Lipinski definition) is 5. The van der Waals surface area contributed by atoms with Gasteiger partial charge in [-0.15, -0.1) is 22.7 Å². The molecule has 0 fully saturated rings. The summed E-state index contributed by atoms with van der Waals surface area (Å²) in [6, 6.07) is 2.90. The summed E-state index contributed by atoms with van der Waals surface area (Å²) in [7, 11) is 0. The maximum absolute atomic E-state index is 11.9. The number of rotatable bonds is 4. The molecule has 2 aromatic heterocycles. The minimum Gasteiger partial charge on any atom is -0.340 e. The van der Waals surface area contributed by atoms with Crippen LogP contribution in [0.25, 0.3) is 0 Å². The highest BCUT2D eigenvalue weighted by Crippen LogP contribution is 2.16. The van der Waals surface area contributed by atoms with E-state index in [0.717, 1.165) is 4.88 Å². The molecular formula is C12H13N3O2S2. The van der Waals surface area contributed by atoms with Crippen LogP contribution in [0.3, 0.4) is 0 Å². The average Bonchev–Trinajstić information content (AvgIpc) is 3.00. The third-order valence-corrected chi connectivity index (χ3v) is 4.03. The Labute approximate surface area is 118 Å². The Morgan fingerprint density at radius 2 is 2.21 bits per heavy atom. The minimum absolute atomic E-state index is 0.243. The zero-order valence-corrected chi connectivity index (χ0v) is 12.1. The second kappa shape index (κ2) is 5.94. The van der Waals surface area contributed by atoms with Gasteiger partial charge in [0.1, 0.15) is 6.04 Å². The first-order valence-electron chi connectivity index (χ1n) is 5.64. The van der Waals surface area contributed by atoms with E-state index in [9.17, 15) is 9.59 Å². The molecule has 2 N–H and O–H groups in total. The maximum Gasteiger partial charge on any atom is 0.261 e. The van der Waals surface area contributed by atoms with E-state index in [4.69, 9.17) is 0 Å². The minimum atomic E-state index is -0.612. The van der Waals surface area contributed by atoms with Crippen molar-refractivity contribution < 1.29 is 9.59 Å². The summed E-state index contributed by atoms with van der Waals surface area (Å²) in [5.74, 6) is -0.521. The van der Waals surface area contributed by atoms with Crippen LogP contribution in [0.2, 0.25) is 0 Å². The fraction of sp³-hybridized carbons (Fsp3) is 0.250. The molecule has 0 aromatic carbocycles. The van der Waals surface area contributed by atoms with Crippen molar-refractivity contribution in [3.05, 3.63) is 33.5 Å². The molecule has 5 nitrogen and oxygen atoms in total. The predicted molar refractivity (Wildman–Crippen MR) is 76.7 cm³/mol. The lowest BCUT2D eigenvalue weighted by Crippen LogP contribution is -2.41. The number of aryl methyl sites for hydroxylation is 1. The smallest absolute Gasteiger partial charge is 0.261 e. The van der Waals surface area contributed by atoms with Crippen LogP contribution in [0.5, 0.6) is 0 Å². The first-order valence-corrected chi connectivity index (χ1v) is 7.33. The number of carbonyl (C=O) groups excluding carboxylic acids is 2. The zero-order valence-electron chi connectivity index (χ0n) is 10.5. The second-order valence-electron chi connectivity index (χ2n) is 3.94. The number of carbonyl (C=O) groups is 2. The van der Waals surface area contributed by atoms with Crippen LogP contribution >= 0.6 is 22.7 Å². The lowest BCUT2D eigenvalue weighted by molar-refractivity contribution is -0.117. The first kappa shape index (κ1) is 13.7. The van der Waals surface area contributed by atoms with Gasteiger partial charge in [-0.25, -0.2) is 4.98 Å². The lowest BCUT2D eigenvalue weighted by atomic mass is 10.3. The third-order valence-electron chi connectivity index (χ3n) is 2.34. The predicted octanol–water partition coefficient (Wildman–Crippen LogP) is 2.27. The fourth-order valence-electron chi connectivity index (χ4n) is 1.37. The molecule has 1 atom stereocenters. The fourth-order valence-corrected chi connectivity index (χ4v) is 2.66. The van der Waals surface area contributed by atoms with Gasteiger partial charge in [0.15, 0.2) is 5.13 Å². The molecule has 19 heavy (non-hydrogen) atoms. The topological polar surface area (TPSA) is 71.1 Å². The summed E-state index contributed by atoms with van der Waals surface area (Å²) < 4.78 is 0. The summed E-state index contributed by atoms with van der Waals surface area (Å²) in [5, 5.41) is 7.67. The summed E-state index contributed by atoms with van der Waals surface area (Å²) in [4.78, 5) is 29.3. The van der Waals surface area contributed by atoms with Crippen LogP contribution in [-0.2, 0) is 4.79 Å². The molecule has 0 aliphatic carbocycles. The number of anilines is 1. The molecule has 2 aromatic rings. The maximum atomic E-state index is 11.9. The summed E-state index contributed by atoms with van der Waals surface area (Å²) in [5.41, 5.74) is 0. The van der Waals surface area contributed by atoms with E-state index in [2.05, 4.69) is 15.6 Å². The van der Waals surface area contributed by atoms with Crippen molar-refractivity contribution in [2.24, 2.45) is 0 Å². The molecule has 7 heteroatoms. The Morgan fingerprint density at radius 1 is 1.42 bits per heavy atom. The standard InChI is InChI=1S/C12H13N3O2S2/c1-7-6-13-12(19-7)15-10(16)8(2)14-11(17)9-4-3-5-18-9/h3-6,8H,1-2H3,(H,14,17)(H,13,15,16). The molecule has 0 radical (unpaired) electrons. The molecule has 0 aliphatic heterocycles. The van der Waals surface area contributed by atoms with Crippen LogP contribution in [0.4, 0.5) is 5.13 Å². The van der Waals surface area contributed by atoms with Gasteiger partial charge in [-0.1, -0.05) is 6.07 Å². The highest BCUT2D eigenvalue weighted by atomic mass is 32.1. The number of thiophene rings is 1. The van der Waals surface area contributed by atoms with Gasteiger partial charge in [0.05, 0.1) is 4.88 Å². The van der Waals surface area contributed by atoms with Crippen molar-refractivity contribution >= 4 is 39.6 Å². The molecule has 0 aliphatic rings. The average molecular weight is 295 g/mol. The summed E-state index contributed by atoms with van der Waals surface area (Å²) in [6.07, 6.45) is 1.69. The molecule has 0 spiro atoms. The van der Waals surface area contributed by atoms with Crippen LogP contribution in [0, 0.1) is 6.92 Å². The molecule has 0 saturated heterocycles. The summed E-state index contributed by atoms with van der Waals surface area (Å²) in [6.45, 7) is 3.55. The Balaban J connectivity index is 1.91. The van der Waals surface area contributed by atoms with Crippen molar-refractivity contribution in [3.8, 4) is 0 Å². The van der Waals surface area contributed by atoms with E-state index < -0.39 is 6.04 Å². The molecule has 2 heterocycles. The van der Waals surface area contributed by atoms with Crippen molar-refractivity contribution in [3.63, 3.8) is 0 Å². The van der Waals surface area contributed by atoms with Crippen LogP contribution < -0.4 is 10.6 Å². The number of aromatic nitrogens is 1. The monoisotopic (exact) mass is 295 g/mol. The van der Waals surface area contributed by atoms with Crippen LogP contribution in [0.15, 0.2) is 23.7 Å². The van der Waals surface area contributed by atoms with Crippen LogP contribution in [-0.4, -0.2) is 22.8 Å². The van der Waals surface area contributed by atoms with Gasteiger partial charge < -0.3 is 10.6 Å². The van der Waals surface area contributed by atoms with Gasteiger partial charge in [0.25, 0.3) is 5.91 Å². The van der Waals surface area contributed by atoms with Gasteiger partial charge >= 0.3 is 0 Å². The van der Waals surface area contributed by atoms with E-state index >= 15 is 0 Å². The van der Waals surface area contributed by atoms with Gasteiger partial charge in [-0.05, 0) is 25.3 Å². The number of amides is 2. The van der Waals surface area contributed by atoms with Crippen LogP contribution in [0.1, 0.15) is 21.5 Å². The highest BCUT2D eigenvalue weighted by molar-refractivity contribution is 7.15. The first-order chi connectivity index (χ1) is 9.06. The van der Waals surface area contributed by atoms with Gasteiger partial charge in [-0.2, -0.15) is 0 Å². The van der Waals surface area contributed by atoms with Gasteiger partial charge in [0, 0.05) is 11.1 Å². The Hall–Kier alpha value is -1.73. The Bertz CT molecular complexity index is 578. The summed E-state index contributed by atoms with van der Waals surface area (Å²) >= 11 is 2.73. The second-order valence-corrected chi connectivity index (χ2v) is 6.12. The van der Waals surface area contributed by atoms with Crippen molar-refractivity contribution in [1.82, 2.24) is 10.3 Å². The molecule has 2 rings (SSSR count). The molecule has 2 amide bonds. The van der Waals surface area contributed by atoms with Crippen molar-refractivity contribution in [2.45, 2.75) is 19.9 Å². The normalized spacial score (nSPS) is 11.9. The van der Waals surface area contributed by atoms with E-state index in [1.807, 2.05) is 12.3 Å². The molecule has 0 bridgehead atoms. The van der Waals surface area contributed by atoms with E-state index in [0.29, 0.717) is 10.0 Å². The molecule has 100 valence electrons. The third kappa shape index (κ3) is 3.62. The van der Waals surface area contributed by atoms with E-state index in [-0.39, 0.29) is 11.8 Å². The van der Waals surface area contributed by atoms with E-state index in [1.165, 1.54) is 22.7 Å². The molecule has 1 unspecified atom stereocenters. The van der Waals surface area contributed by atoms with Crippen molar-refractivity contribution in [1.29, 1.82) is 0 Å². The van der Waals surface area contributed by atoms with E-state index in [1.54, 1.807) is 25.3 Å². The van der Waals surface area contributed by atoms with Gasteiger partial charge in [0.2, 0.25) is 5.91 Å². The zero-order chi connectivity index (χ0) is 13.8. The van der Waals surface area contributed by atoms with Crippen molar-refractivity contribution in [2.75, 3.05) is 5.32 Å². The highest BCUT2D eigenvalue weighted by Gasteiger charge is 2.18. The Morgan fingerprint density at radius 3 is 2.79 bits per heavy atom. The lowest BCUT2D eigenvalue weighted by Gasteiger charge is -2.12. The number of nitrogens with zero attached hydrogens (tertiary/aromatic N) is 1. The molecular weight excluding hydrogens is 282 g/mol. The molecule has 0 saturated carbocycles. The number of nitrogens with one attached hydrogen (secondary N) is 2. The Kier molecular flexibility index (Phi) is 4.28. The number of thiazole rings is 1. The largest absolute Gasteiger partial charge is 0.340 e.